The number of carbonyl (C=O) groups excluding carboxylic acids is 1. The van der Waals surface area contributed by atoms with Crippen LogP contribution in [0.3, 0.4) is 0 Å². The van der Waals surface area contributed by atoms with Crippen LogP contribution in [0.25, 0.3) is 0 Å². The third kappa shape index (κ3) is 2.56. The topological polar surface area (TPSA) is 50.4 Å². The summed E-state index contributed by atoms with van der Waals surface area (Å²) in [6.07, 6.45) is 3.25. The van der Waals surface area contributed by atoms with Crippen LogP contribution in [-0.4, -0.2) is 26.1 Å². The van der Waals surface area contributed by atoms with Gasteiger partial charge in [0.15, 0.2) is 0 Å². The molecule has 1 saturated carbocycles. The van der Waals surface area contributed by atoms with Crippen molar-refractivity contribution in [2.45, 2.75) is 19.3 Å². The van der Waals surface area contributed by atoms with Gasteiger partial charge in [0.25, 0.3) is 0 Å². The van der Waals surface area contributed by atoms with E-state index in [1.165, 1.54) is 0 Å². The lowest BCUT2D eigenvalue weighted by atomic mass is 9.92. The van der Waals surface area contributed by atoms with Crippen molar-refractivity contribution < 1.29 is 9.53 Å². The summed E-state index contributed by atoms with van der Waals surface area (Å²) in [5.74, 6) is 0.984. The molecule has 2 N–H and O–H groups in total. The lowest BCUT2D eigenvalue weighted by molar-refractivity contribution is -0.118. The highest BCUT2D eigenvalue weighted by Gasteiger charge is 2.57. The number of hydrogen-bond donors (Lipinski definition) is 2. The highest BCUT2D eigenvalue weighted by Crippen LogP contribution is 2.58. The van der Waals surface area contributed by atoms with E-state index < -0.39 is 0 Å². The average Bonchev–Trinajstić information content (AvgIpc) is 3.13. The smallest absolute Gasteiger partial charge is 0.228 e. The van der Waals surface area contributed by atoms with Crippen molar-refractivity contribution in [3.63, 3.8) is 0 Å². The minimum absolute atomic E-state index is 0.128. The van der Waals surface area contributed by atoms with E-state index in [0.717, 1.165) is 42.5 Å². The molecule has 1 unspecified atom stereocenters. The Hall–Kier alpha value is -1.07. The van der Waals surface area contributed by atoms with Gasteiger partial charge in [-0.15, -0.1) is 0 Å². The fourth-order valence-corrected chi connectivity index (χ4v) is 3.55. The number of anilines is 1. The van der Waals surface area contributed by atoms with Gasteiger partial charge in [-0.25, -0.2) is 0 Å². The molecule has 1 aromatic carbocycles. The first-order valence-electron chi connectivity index (χ1n) is 7.00. The van der Waals surface area contributed by atoms with Crippen LogP contribution in [0.15, 0.2) is 22.7 Å². The molecule has 1 amide bonds. The van der Waals surface area contributed by atoms with Gasteiger partial charge in [-0.05, 0) is 56.0 Å². The van der Waals surface area contributed by atoms with Gasteiger partial charge in [-0.2, -0.15) is 0 Å². The molecule has 3 rings (SSSR count). The Bertz CT molecular complexity index is 527. The third-order valence-corrected chi connectivity index (χ3v) is 5.02. The first-order chi connectivity index (χ1) is 9.64. The first kappa shape index (κ1) is 13.9. The molecular weight excluding hydrogens is 320 g/mol. The van der Waals surface area contributed by atoms with Crippen LogP contribution in [-0.2, 0) is 4.79 Å². The molecule has 20 heavy (non-hydrogen) atoms. The Morgan fingerprint density at radius 3 is 2.90 bits per heavy atom. The summed E-state index contributed by atoms with van der Waals surface area (Å²) in [5, 5.41) is 6.38. The van der Waals surface area contributed by atoms with Crippen molar-refractivity contribution in [2.75, 3.05) is 25.5 Å². The van der Waals surface area contributed by atoms with Gasteiger partial charge in [0, 0.05) is 10.4 Å². The number of carbonyl (C=O) groups is 1. The third-order valence-electron chi connectivity index (χ3n) is 4.52. The molecule has 2 aliphatic rings. The van der Waals surface area contributed by atoms with Gasteiger partial charge < -0.3 is 15.4 Å². The van der Waals surface area contributed by atoms with Crippen molar-refractivity contribution in [2.24, 2.45) is 11.3 Å². The molecular formula is C15H19BrN2O2. The second-order valence-electron chi connectivity index (χ2n) is 5.70. The zero-order valence-corrected chi connectivity index (χ0v) is 13.1. The maximum atomic E-state index is 12.4. The minimum atomic E-state index is 0.128. The Morgan fingerprint density at radius 2 is 2.20 bits per heavy atom. The number of benzene rings is 1. The molecule has 1 aromatic rings. The Kier molecular flexibility index (Phi) is 3.73. The molecule has 1 saturated heterocycles. The van der Waals surface area contributed by atoms with Crippen molar-refractivity contribution in [3.05, 3.63) is 22.7 Å². The average molecular weight is 339 g/mol. The summed E-state index contributed by atoms with van der Waals surface area (Å²) in [5.41, 5.74) is 0.997. The SMILES string of the molecule is COc1ccc(Br)cc1NC(=O)C1CC12CCNCC2. The van der Waals surface area contributed by atoms with E-state index in [1.54, 1.807) is 7.11 Å². The number of nitrogens with one attached hydrogen (secondary N) is 2. The van der Waals surface area contributed by atoms with Crippen molar-refractivity contribution in [1.29, 1.82) is 0 Å². The Morgan fingerprint density at radius 1 is 1.45 bits per heavy atom. The minimum Gasteiger partial charge on any atom is -0.495 e. The van der Waals surface area contributed by atoms with Gasteiger partial charge in [0.2, 0.25) is 5.91 Å². The fourth-order valence-electron chi connectivity index (χ4n) is 3.19. The number of methoxy groups -OCH3 is 1. The highest BCUT2D eigenvalue weighted by molar-refractivity contribution is 9.10. The summed E-state index contributed by atoms with van der Waals surface area (Å²) in [7, 11) is 1.62. The largest absolute Gasteiger partial charge is 0.495 e. The van der Waals surface area contributed by atoms with Crippen LogP contribution in [0.2, 0.25) is 0 Å². The lowest BCUT2D eigenvalue weighted by Gasteiger charge is -2.23. The normalized spacial score (nSPS) is 23.4. The highest BCUT2D eigenvalue weighted by atomic mass is 79.9. The Labute approximate surface area is 127 Å². The van der Waals surface area contributed by atoms with Crippen molar-refractivity contribution >= 4 is 27.5 Å². The predicted octanol–water partition coefficient (Wildman–Crippen LogP) is 2.79. The quantitative estimate of drug-likeness (QED) is 0.890. The van der Waals surface area contributed by atoms with E-state index in [1.807, 2.05) is 18.2 Å². The number of halogens is 1. The van der Waals surface area contributed by atoms with E-state index in [4.69, 9.17) is 4.74 Å². The number of hydrogen-bond acceptors (Lipinski definition) is 3. The maximum Gasteiger partial charge on any atom is 0.228 e. The van der Waals surface area contributed by atoms with E-state index in [9.17, 15) is 4.79 Å². The van der Waals surface area contributed by atoms with Crippen LogP contribution in [0.1, 0.15) is 19.3 Å². The van der Waals surface area contributed by atoms with Crippen LogP contribution in [0, 0.1) is 11.3 Å². The number of ether oxygens (including phenoxy) is 1. The summed E-state index contributed by atoms with van der Waals surface area (Å²) >= 11 is 3.42. The summed E-state index contributed by atoms with van der Waals surface area (Å²) in [6.45, 7) is 2.06. The van der Waals surface area contributed by atoms with Gasteiger partial charge in [0.05, 0.1) is 12.8 Å². The van der Waals surface area contributed by atoms with Crippen LogP contribution >= 0.6 is 15.9 Å². The van der Waals surface area contributed by atoms with Gasteiger partial charge >= 0.3 is 0 Å². The van der Waals surface area contributed by atoms with Crippen LogP contribution in [0.4, 0.5) is 5.69 Å². The van der Waals surface area contributed by atoms with E-state index >= 15 is 0 Å². The monoisotopic (exact) mass is 338 g/mol. The molecule has 1 heterocycles. The van der Waals surface area contributed by atoms with Gasteiger partial charge in [-0.3, -0.25) is 4.79 Å². The summed E-state index contributed by atoms with van der Waals surface area (Å²) in [4.78, 5) is 12.4. The zero-order chi connectivity index (χ0) is 14.2. The Balaban J connectivity index is 1.69. The van der Waals surface area contributed by atoms with Crippen LogP contribution in [0.5, 0.6) is 5.75 Å². The van der Waals surface area contributed by atoms with Crippen LogP contribution < -0.4 is 15.4 Å². The van der Waals surface area contributed by atoms with Gasteiger partial charge in [0.1, 0.15) is 5.75 Å². The molecule has 1 aliphatic heterocycles. The number of amides is 1. The van der Waals surface area contributed by atoms with Crippen molar-refractivity contribution in [3.8, 4) is 5.75 Å². The summed E-state index contributed by atoms with van der Waals surface area (Å²) < 4.78 is 6.22. The molecule has 1 spiro atoms. The maximum absolute atomic E-state index is 12.4. The molecule has 5 heteroatoms. The zero-order valence-electron chi connectivity index (χ0n) is 11.5. The molecule has 0 aromatic heterocycles. The summed E-state index contributed by atoms with van der Waals surface area (Å²) in [6, 6.07) is 5.64. The molecule has 108 valence electrons. The second kappa shape index (κ2) is 5.37. The number of rotatable bonds is 3. The van der Waals surface area contributed by atoms with E-state index in [0.29, 0.717) is 5.75 Å². The molecule has 2 fully saturated rings. The lowest BCUT2D eigenvalue weighted by Crippen LogP contribution is -2.31. The van der Waals surface area contributed by atoms with Crippen molar-refractivity contribution in [1.82, 2.24) is 5.32 Å². The molecule has 1 aliphatic carbocycles. The van der Waals surface area contributed by atoms with Gasteiger partial charge in [-0.1, -0.05) is 15.9 Å². The predicted molar refractivity (Wildman–Crippen MR) is 82.0 cm³/mol. The second-order valence-corrected chi connectivity index (χ2v) is 6.62. The fraction of sp³-hybridized carbons (Fsp3) is 0.533. The molecule has 0 bridgehead atoms. The molecule has 0 radical (unpaired) electrons. The van der Waals surface area contributed by atoms with E-state index in [2.05, 4.69) is 26.6 Å². The molecule has 4 nitrogen and oxygen atoms in total. The molecule has 1 atom stereocenters. The standard InChI is InChI=1S/C15H19BrN2O2/c1-20-13-3-2-10(16)8-12(13)18-14(19)11-9-15(11)4-6-17-7-5-15/h2-3,8,11,17H,4-7,9H2,1H3,(H,18,19). The number of piperidine rings is 1. The first-order valence-corrected chi connectivity index (χ1v) is 7.79. The van der Waals surface area contributed by atoms with E-state index in [-0.39, 0.29) is 17.2 Å².